The summed E-state index contributed by atoms with van der Waals surface area (Å²) in [6.45, 7) is 8.67. The van der Waals surface area contributed by atoms with Crippen LogP contribution in [0.3, 0.4) is 0 Å². The van der Waals surface area contributed by atoms with Gasteiger partial charge < -0.3 is 34.6 Å². The lowest BCUT2D eigenvalue weighted by Gasteiger charge is -2.33. The number of nitrogens with zero attached hydrogens (tertiary/aromatic N) is 4. The number of amides is 5. The van der Waals surface area contributed by atoms with E-state index >= 15 is 0 Å². The number of ether oxygens (including phenoxy) is 2. The number of hydrazine groups is 1. The van der Waals surface area contributed by atoms with Crippen molar-refractivity contribution in [3.8, 4) is 33.6 Å². The summed E-state index contributed by atoms with van der Waals surface area (Å²) in [5, 5.41) is 4.01. The predicted octanol–water partition coefficient (Wildman–Crippen LogP) is 7.02. The lowest BCUT2D eigenvalue weighted by Crippen LogP contribution is -2.54. The van der Waals surface area contributed by atoms with E-state index in [1.54, 1.807) is 11.1 Å². The number of rotatable bonds is 9. The number of hydrogen-bond donors (Lipinski definition) is 4. The maximum absolute atomic E-state index is 13.5. The highest BCUT2D eigenvalue weighted by Gasteiger charge is 2.38. The molecule has 54 heavy (non-hydrogen) atoms. The molecule has 14 heteroatoms. The van der Waals surface area contributed by atoms with E-state index < -0.39 is 18.2 Å². The normalized spacial score (nSPS) is 17.5. The molecule has 0 spiro atoms. The fourth-order valence-electron chi connectivity index (χ4n) is 7.30. The van der Waals surface area contributed by atoms with Gasteiger partial charge in [0.2, 0.25) is 5.91 Å². The number of carbonyl (C=O) groups excluding carboxylic acids is 4. The number of nitrogens with one attached hydrogen (secondary N) is 4. The molecule has 2 aromatic carbocycles. The molecule has 5 amide bonds. The van der Waals surface area contributed by atoms with Crippen LogP contribution in [0.4, 0.5) is 14.4 Å². The Balaban J connectivity index is 1.11. The Labute approximate surface area is 315 Å². The minimum Gasteiger partial charge on any atom is -0.453 e. The van der Waals surface area contributed by atoms with Gasteiger partial charge in [-0.25, -0.2) is 29.8 Å². The zero-order valence-corrected chi connectivity index (χ0v) is 31.7. The molecule has 6 rings (SSSR count). The molecule has 2 saturated heterocycles. The molecule has 0 bridgehead atoms. The van der Waals surface area contributed by atoms with Gasteiger partial charge in [0.25, 0.3) is 0 Å². The molecule has 2 aliphatic rings. The molecule has 1 unspecified atom stereocenters. The Morgan fingerprint density at radius 3 is 1.91 bits per heavy atom. The minimum atomic E-state index is -0.685. The van der Waals surface area contributed by atoms with Gasteiger partial charge >= 0.3 is 18.2 Å². The van der Waals surface area contributed by atoms with Crippen molar-refractivity contribution in [3.63, 3.8) is 0 Å². The number of aromatic amines is 2. The maximum Gasteiger partial charge on any atom is 0.425 e. The van der Waals surface area contributed by atoms with E-state index in [9.17, 15) is 19.2 Å². The second kappa shape index (κ2) is 16.5. The van der Waals surface area contributed by atoms with Crippen molar-refractivity contribution in [1.82, 2.24) is 40.5 Å². The molecule has 2 aromatic heterocycles. The van der Waals surface area contributed by atoms with Crippen LogP contribution >= 0.6 is 0 Å². The second-order valence-corrected chi connectivity index (χ2v) is 14.4. The number of likely N-dealkylation sites (tertiary alicyclic amines) is 2. The summed E-state index contributed by atoms with van der Waals surface area (Å²) in [4.78, 5) is 66.1. The van der Waals surface area contributed by atoms with Crippen LogP contribution in [0.1, 0.15) is 77.0 Å². The smallest absolute Gasteiger partial charge is 0.425 e. The molecule has 4 aromatic rings. The monoisotopic (exact) mass is 738 g/mol. The molecule has 0 aliphatic carbocycles. The molecule has 3 atom stereocenters. The highest BCUT2D eigenvalue weighted by molar-refractivity contribution is 5.86. The third-order valence-corrected chi connectivity index (χ3v) is 10.2. The first kappa shape index (κ1) is 38.0. The molecule has 0 saturated carbocycles. The number of urea groups is 1. The first-order valence-corrected chi connectivity index (χ1v) is 18.5. The van der Waals surface area contributed by atoms with Crippen LogP contribution in [-0.4, -0.2) is 93.3 Å². The quantitative estimate of drug-likeness (QED) is 0.134. The topological polar surface area (TPSA) is 165 Å². The summed E-state index contributed by atoms with van der Waals surface area (Å²) in [5.74, 6) is 0.484. The lowest BCUT2D eigenvalue weighted by molar-refractivity contribution is -0.135. The summed E-state index contributed by atoms with van der Waals surface area (Å²) >= 11 is 0. The van der Waals surface area contributed by atoms with Crippen LogP contribution in [0.25, 0.3) is 33.6 Å². The minimum absolute atomic E-state index is 0.103. The summed E-state index contributed by atoms with van der Waals surface area (Å²) in [5.41, 5.74) is 9.45. The van der Waals surface area contributed by atoms with Gasteiger partial charge in [0.15, 0.2) is 0 Å². The van der Waals surface area contributed by atoms with Crippen LogP contribution < -0.4 is 10.7 Å². The Bertz CT molecular complexity index is 1800. The van der Waals surface area contributed by atoms with E-state index in [-0.39, 0.29) is 36.0 Å². The van der Waals surface area contributed by atoms with Crippen molar-refractivity contribution in [2.45, 2.75) is 77.5 Å². The number of alkyl carbamates (subject to hydrolysis) is 1. The van der Waals surface area contributed by atoms with Crippen LogP contribution in [0.15, 0.2) is 66.9 Å². The van der Waals surface area contributed by atoms with Gasteiger partial charge in [-0.3, -0.25) is 4.79 Å². The molecule has 2 fully saturated rings. The first-order chi connectivity index (χ1) is 26.0. The van der Waals surface area contributed by atoms with Crippen molar-refractivity contribution < 1.29 is 28.7 Å². The second-order valence-electron chi connectivity index (χ2n) is 14.4. The molecule has 4 heterocycles. The average molecular weight is 739 g/mol. The van der Waals surface area contributed by atoms with Gasteiger partial charge in [0.1, 0.15) is 11.9 Å². The highest BCUT2D eigenvalue weighted by atomic mass is 16.5. The van der Waals surface area contributed by atoms with Crippen LogP contribution in [0.2, 0.25) is 0 Å². The zero-order valence-electron chi connectivity index (χ0n) is 31.7. The van der Waals surface area contributed by atoms with E-state index in [1.807, 2.05) is 44.7 Å². The van der Waals surface area contributed by atoms with E-state index in [0.29, 0.717) is 13.1 Å². The fourth-order valence-corrected chi connectivity index (χ4v) is 7.30. The number of H-pyrrole nitrogens is 2. The van der Waals surface area contributed by atoms with Gasteiger partial charge in [-0.05, 0) is 79.8 Å². The molecular formula is C40H50N8O6. The van der Waals surface area contributed by atoms with Crippen molar-refractivity contribution in [3.05, 3.63) is 78.4 Å². The third kappa shape index (κ3) is 8.07. The fraction of sp³-hybridized carbons (Fsp3) is 0.425. The zero-order chi connectivity index (χ0) is 38.5. The molecule has 0 radical (unpaired) electrons. The van der Waals surface area contributed by atoms with E-state index in [0.717, 1.165) is 70.8 Å². The Hall–Kier alpha value is -5.79. The molecular weight excluding hydrogens is 688 g/mol. The van der Waals surface area contributed by atoms with Gasteiger partial charge in [-0.2, -0.15) is 0 Å². The van der Waals surface area contributed by atoms with Crippen molar-refractivity contribution in [2.24, 2.45) is 5.92 Å². The first-order valence-electron chi connectivity index (χ1n) is 18.5. The molecule has 4 N–H and O–H groups in total. The highest BCUT2D eigenvalue weighted by Crippen LogP contribution is 2.36. The Morgan fingerprint density at radius 1 is 0.741 bits per heavy atom. The summed E-state index contributed by atoms with van der Waals surface area (Å²) in [6, 6.07) is 19.1. The average Bonchev–Trinajstić information content (AvgIpc) is 4.02. The maximum atomic E-state index is 13.5. The third-order valence-electron chi connectivity index (χ3n) is 10.2. The van der Waals surface area contributed by atoms with Crippen molar-refractivity contribution >= 4 is 24.1 Å². The van der Waals surface area contributed by atoms with Crippen molar-refractivity contribution in [2.75, 3.05) is 27.3 Å². The van der Waals surface area contributed by atoms with Gasteiger partial charge in [-0.15, -0.1) is 0 Å². The number of carbonyl (C=O) groups is 4. The largest absolute Gasteiger partial charge is 0.453 e. The Morgan fingerprint density at radius 2 is 1.31 bits per heavy atom. The molecule has 286 valence electrons. The summed E-state index contributed by atoms with van der Waals surface area (Å²) < 4.78 is 9.47. The number of hydrogen-bond acceptors (Lipinski definition) is 7. The van der Waals surface area contributed by atoms with Crippen LogP contribution in [-0.2, 0) is 14.3 Å². The van der Waals surface area contributed by atoms with Gasteiger partial charge in [0.05, 0.1) is 38.2 Å². The van der Waals surface area contributed by atoms with Crippen LogP contribution in [0.5, 0.6) is 0 Å². The van der Waals surface area contributed by atoms with E-state index in [1.165, 1.54) is 19.2 Å². The number of methoxy groups -OCH3 is 2. The molecule has 14 nitrogen and oxygen atoms in total. The summed E-state index contributed by atoms with van der Waals surface area (Å²) in [6.07, 6.45) is 3.81. The number of aromatic nitrogens is 3. The van der Waals surface area contributed by atoms with E-state index in [4.69, 9.17) is 9.47 Å². The molecule has 2 aliphatic heterocycles. The lowest BCUT2D eigenvalue weighted by atomic mass is 10.0. The Kier molecular flexibility index (Phi) is 11.6. The number of imidazole rings is 1. The van der Waals surface area contributed by atoms with Gasteiger partial charge in [0, 0.05) is 30.5 Å². The van der Waals surface area contributed by atoms with Crippen molar-refractivity contribution in [1.29, 1.82) is 0 Å². The van der Waals surface area contributed by atoms with Gasteiger partial charge in [-0.1, -0.05) is 62.4 Å². The SMILES string of the molecule is COC(=O)N[C@H](C(=O)N1CCCC1c1ncc(-c2ccc(-c3ccc(-c4ccc([C@@H]5CCCN5C(=O)N(NC(=O)OC)C(C)C)[nH]4)cc3)cc2)[nH]1)C(C)C. The predicted molar refractivity (Wildman–Crippen MR) is 204 cm³/mol. The standard InChI is InChI=1S/C40H50N8O6/c1-24(2)35(44-38(50)53-5)37(49)46-21-8-10-34(46)36-41-23-32(43-36)29-17-13-27(14-18-29)26-11-15-28(16-12-26)30-19-20-31(42-30)33-9-7-22-47(33)40(52)48(25(3)4)45-39(51)54-6/h11-20,23-25,33-35,42H,7-10,21-22H2,1-6H3,(H,41,43)(H,44,50)(H,45,51)/t33-,34?,35-/m0/s1. The van der Waals surface area contributed by atoms with E-state index in [2.05, 4.69) is 74.2 Å². The summed E-state index contributed by atoms with van der Waals surface area (Å²) in [7, 11) is 2.56. The number of benzene rings is 2. The van der Waals surface area contributed by atoms with Crippen LogP contribution in [0, 0.1) is 5.92 Å².